The molecular formula is C13H16BrF3N2. The standard InChI is InChI=1S/C13H16BrF3N2/c14-11-8-9(13(15,16)17)3-4-12(11)19-10-2-1-6-18-7-5-10/h3-4,8,10,18-19H,1-2,5-7H2. The lowest BCUT2D eigenvalue weighted by atomic mass is 10.1. The molecule has 1 unspecified atom stereocenters. The van der Waals surface area contributed by atoms with Crippen molar-refractivity contribution in [2.45, 2.75) is 31.5 Å². The van der Waals surface area contributed by atoms with Crippen molar-refractivity contribution in [2.75, 3.05) is 18.4 Å². The highest BCUT2D eigenvalue weighted by Gasteiger charge is 2.30. The van der Waals surface area contributed by atoms with Gasteiger partial charge in [-0.3, -0.25) is 0 Å². The van der Waals surface area contributed by atoms with E-state index in [9.17, 15) is 13.2 Å². The van der Waals surface area contributed by atoms with Gasteiger partial charge in [-0.25, -0.2) is 0 Å². The zero-order valence-electron chi connectivity index (χ0n) is 10.4. The van der Waals surface area contributed by atoms with Gasteiger partial charge in [-0.2, -0.15) is 13.2 Å². The molecule has 0 radical (unpaired) electrons. The predicted molar refractivity (Wildman–Crippen MR) is 73.3 cm³/mol. The molecule has 6 heteroatoms. The summed E-state index contributed by atoms with van der Waals surface area (Å²) in [5.41, 5.74) is 0.0901. The minimum absolute atomic E-state index is 0.308. The van der Waals surface area contributed by atoms with Gasteiger partial charge in [-0.05, 0) is 66.5 Å². The molecule has 1 aliphatic rings. The molecule has 2 nitrogen and oxygen atoms in total. The molecule has 0 spiro atoms. The fourth-order valence-electron chi connectivity index (χ4n) is 2.19. The molecule has 2 rings (SSSR count). The van der Waals surface area contributed by atoms with Gasteiger partial charge in [0.25, 0.3) is 0 Å². The van der Waals surface area contributed by atoms with E-state index in [-0.39, 0.29) is 0 Å². The summed E-state index contributed by atoms with van der Waals surface area (Å²) in [5, 5.41) is 6.62. The highest BCUT2D eigenvalue weighted by Crippen LogP contribution is 2.34. The Morgan fingerprint density at radius 1 is 1.21 bits per heavy atom. The van der Waals surface area contributed by atoms with Gasteiger partial charge in [0.1, 0.15) is 0 Å². The third-order valence-corrected chi connectivity index (χ3v) is 3.89. The molecule has 106 valence electrons. The van der Waals surface area contributed by atoms with Crippen LogP contribution in [-0.4, -0.2) is 19.1 Å². The van der Waals surface area contributed by atoms with Gasteiger partial charge in [0.05, 0.1) is 5.56 Å². The molecule has 1 aliphatic heterocycles. The zero-order chi connectivity index (χ0) is 13.9. The molecule has 1 aromatic rings. The Bertz CT molecular complexity index is 426. The zero-order valence-corrected chi connectivity index (χ0v) is 11.9. The Hall–Kier alpha value is -0.750. The van der Waals surface area contributed by atoms with Gasteiger partial charge >= 0.3 is 6.18 Å². The number of halogens is 4. The summed E-state index contributed by atoms with van der Waals surface area (Å²) in [7, 11) is 0. The Morgan fingerprint density at radius 3 is 2.68 bits per heavy atom. The number of nitrogens with one attached hydrogen (secondary N) is 2. The molecule has 0 amide bonds. The van der Waals surface area contributed by atoms with E-state index in [2.05, 4.69) is 26.6 Å². The van der Waals surface area contributed by atoms with Crippen molar-refractivity contribution >= 4 is 21.6 Å². The summed E-state index contributed by atoms with van der Waals surface area (Å²) in [4.78, 5) is 0. The summed E-state index contributed by atoms with van der Waals surface area (Å²) >= 11 is 3.21. The second-order valence-corrected chi connectivity index (χ2v) is 5.57. The molecule has 1 heterocycles. The minimum atomic E-state index is -4.30. The summed E-state index contributed by atoms with van der Waals surface area (Å²) in [6, 6.07) is 4.04. The van der Waals surface area contributed by atoms with E-state index >= 15 is 0 Å². The normalized spacial score (nSPS) is 20.9. The van der Waals surface area contributed by atoms with E-state index in [1.807, 2.05) is 0 Å². The Labute approximate surface area is 118 Å². The maximum absolute atomic E-state index is 12.6. The minimum Gasteiger partial charge on any atom is -0.381 e. The smallest absolute Gasteiger partial charge is 0.381 e. The monoisotopic (exact) mass is 336 g/mol. The van der Waals surface area contributed by atoms with Crippen molar-refractivity contribution in [3.8, 4) is 0 Å². The summed E-state index contributed by atoms with van der Waals surface area (Å²) < 4.78 is 38.1. The number of rotatable bonds is 2. The lowest BCUT2D eigenvalue weighted by Gasteiger charge is -2.19. The van der Waals surface area contributed by atoms with E-state index in [0.29, 0.717) is 10.5 Å². The third kappa shape index (κ3) is 4.11. The second kappa shape index (κ2) is 6.13. The van der Waals surface area contributed by atoms with E-state index in [1.54, 1.807) is 0 Å². The van der Waals surface area contributed by atoms with Crippen LogP contribution in [0, 0.1) is 0 Å². The lowest BCUT2D eigenvalue weighted by molar-refractivity contribution is -0.137. The van der Waals surface area contributed by atoms with Crippen molar-refractivity contribution < 1.29 is 13.2 Å². The molecule has 19 heavy (non-hydrogen) atoms. The van der Waals surface area contributed by atoms with Crippen molar-refractivity contribution in [3.05, 3.63) is 28.2 Å². The maximum Gasteiger partial charge on any atom is 0.416 e. The quantitative estimate of drug-likeness (QED) is 0.852. The van der Waals surface area contributed by atoms with Crippen LogP contribution < -0.4 is 10.6 Å². The summed E-state index contributed by atoms with van der Waals surface area (Å²) in [5.74, 6) is 0. The first kappa shape index (κ1) is 14.7. The van der Waals surface area contributed by atoms with Crippen molar-refractivity contribution in [2.24, 2.45) is 0 Å². The largest absolute Gasteiger partial charge is 0.416 e. The molecule has 0 bridgehead atoms. The third-order valence-electron chi connectivity index (χ3n) is 3.23. The fraction of sp³-hybridized carbons (Fsp3) is 0.538. The molecule has 1 aromatic carbocycles. The molecule has 0 saturated carbocycles. The highest BCUT2D eigenvalue weighted by molar-refractivity contribution is 9.10. The van der Waals surface area contributed by atoms with Crippen LogP contribution in [0.5, 0.6) is 0 Å². The first-order chi connectivity index (χ1) is 8.97. The van der Waals surface area contributed by atoms with Crippen LogP contribution in [0.15, 0.2) is 22.7 Å². The van der Waals surface area contributed by atoms with Gasteiger partial charge in [-0.1, -0.05) is 0 Å². The van der Waals surface area contributed by atoms with Crippen LogP contribution in [0.2, 0.25) is 0 Å². The highest BCUT2D eigenvalue weighted by atomic mass is 79.9. The average Bonchev–Trinajstić information content (AvgIpc) is 2.59. The van der Waals surface area contributed by atoms with E-state index in [4.69, 9.17) is 0 Å². The molecule has 0 aromatic heterocycles. The SMILES string of the molecule is FC(F)(F)c1ccc(NC2CCCNCC2)c(Br)c1. The van der Waals surface area contributed by atoms with Crippen LogP contribution in [0.25, 0.3) is 0 Å². The van der Waals surface area contributed by atoms with Crippen LogP contribution in [0.1, 0.15) is 24.8 Å². The first-order valence-corrected chi connectivity index (χ1v) is 7.10. The van der Waals surface area contributed by atoms with Gasteiger partial charge in [0.2, 0.25) is 0 Å². The maximum atomic E-state index is 12.6. The lowest BCUT2D eigenvalue weighted by Crippen LogP contribution is -2.21. The Balaban J connectivity index is 2.08. The van der Waals surface area contributed by atoms with Gasteiger partial charge < -0.3 is 10.6 Å². The molecule has 0 aliphatic carbocycles. The van der Waals surface area contributed by atoms with E-state index < -0.39 is 11.7 Å². The van der Waals surface area contributed by atoms with Gasteiger partial charge in [0.15, 0.2) is 0 Å². The fourth-order valence-corrected chi connectivity index (χ4v) is 2.69. The van der Waals surface area contributed by atoms with Crippen LogP contribution in [0.4, 0.5) is 18.9 Å². The number of benzene rings is 1. The topological polar surface area (TPSA) is 24.1 Å². The number of hydrogen-bond donors (Lipinski definition) is 2. The first-order valence-electron chi connectivity index (χ1n) is 6.31. The molecule has 2 N–H and O–H groups in total. The average molecular weight is 337 g/mol. The van der Waals surface area contributed by atoms with Crippen molar-refractivity contribution in [1.82, 2.24) is 5.32 Å². The summed E-state index contributed by atoms with van der Waals surface area (Å²) in [6.45, 7) is 1.95. The van der Waals surface area contributed by atoms with Crippen LogP contribution in [-0.2, 0) is 6.18 Å². The Morgan fingerprint density at radius 2 is 2.00 bits per heavy atom. The second-order valence-electron chi connectivity index (χ2n) is 4.71. The van der Waals surface area contributed by atoms with E-state index in [0.717, 1.165) is 50.2 Å². The van der Waals surface area contributed by atoms with Gasteiger partial charge in [0, 0.05) is 16.2 Å². The molecule has 1 fully saturated rings. The Kier molecular flexibility index (Phi) is 4.73. The predicted octanol–water partition coefficient (Wildman–Crippen LogP) is 4.02. The van der Waals surface area contributed by atoms with Crippen LogP contribution in [0.3, 0.4) is 0 Å². The summed E-state index contributed by atoms with van der Waals surface area (Å²) in [6.07, 6.45) is -1.21. The molecule has 1 saturated heterocycles. The molecular weight excluding hydrogens is 321 g/mol. The molecule has 1 atom stereocenters. The number of hydrogen-bond acceptors (Lipinski definition) is 2. The van der Waals surface area contributed by atoms with Crippen LogP contribution >= 0.6 is 15.9 Å². The van der Waals surface area contributed by atoms with Crippen molar-refractivity contribution in [3.63, 3.8) is 0 Å². The van der Waals surface area contributed by atoms with E-state index in [1.165, 1.54) is 6.07 Å². The number of alkyl halides is 3. The van der Waals surface area contributed by atoms with Crippen molar-refractivity contribution in [1.29, 1.82) is 0 Å². The number of anilines is 1. The van der Waals surface area contributed by atoms with Gasteiger partial charge in [-0.15, -0.1) is 0 Å².